The quantitative estimate of drug-likeness (QED) is 0.848. The van der Waals surface area contributed by atoms with E-state index in [9.17, 15) is 26.7 Å². The molecule has 2 N–H and O–H groups in total. The maximum atomic E-state index is 12.6. The molecule has 1 aromatic heterocycles. The molecular weight excluding hydrogens is 263 g/mol. The number of ether oxygens (including phenoxy) is 1. The van der Waals surface area contributed by atoms with E-state index in [0.717, 1.165) is 12.3 Å². The summed E-state index contributed by atoms with van der Waals surface area (Å²) in [6.07, 6.45) is -4.61. The summed E-state index contributed by atoms with van der Waals surface area (Å²) in [6, 6.07) is 2.22. The van der Waals surface area contributed by atoms with Crippen LogP contribution in [0.1, 0.15) is 10.5 Å². The monoisotopic (exact) mass is 270 g/mol. The molecule has 0 aromatic carbocycles. The lowest BCUT2D eigenvalue weighted by Gasteiger charge is -2.20. The molecule has 0 unspecified atom stereocenters. The molecule has 1 aromatic rings. The molecule has 100 valence electrons. The fourth-order valence-corrected chi connectivity index (χ4v) is 0.942. The van der Waals surface area contributed by atoms with Gasteiger partial charge in [-0.05, 0) is 12.1 Å². The van der Waals surface area contributed by atoms with Crippen LogP contribution in [-0.4, -0.2) is 29.6 Å². The summed E-state index contributed by atoms with van der Waals surface area (Å²) in [6.45, 7) is -1.96. The van der Waals surface area contributed by atoms with Crippen LogP contribution in [0.15, 0.2) is 18.3 Å². The van der Waals surface area contributed by atoms with Gasteiger partial charge in [0.05, 0.1) is 0 Å². The number of carbonyl (C=O) groups excluding carboxylic acids is 1. The molecule has 0 saturated carbocycles. The summed E-state index contributed by atoms with van der Waals surface area (Å²) in [4.78, 5) is 14.2. The van der Waals surface area contributed by atoms with E-state index < -0.39 is 36.1 Å². The van der Waals surface area contributed by atoms with Gasteiger partial charge in [0.1, 0.15) is 0 Å². The van der Waals surface area contributed by atoms with E-state index in [1.807, 2.05) is 0 Å². The first-order chi connectivity index (χ1) is 8.15. The van der Waals surface area contributed by atoms with Crippen molar-refractivity contribution < 1.29 is 31.5 Å². The Hall–Kier alpha value is -1.93. The summed E-state index contributed by atoms with van der Waals surface area (Å²) >= 11 is 0. The molecule has 0 fully saturated rings. The molecule has 1 heterocycles. The van der Waals surface area contributed by atoms with Gasteiger partial charge in [0, 0.05) is 6.20 Å². The van der Waals surface area contributed by atoms with Crippen LogP contribution in [0.2, 0.25) is 0 Å². The Kier molecular flexibility index (Phi) is 3.73. The maximum Gasteiger partial charge on any atom is 0.456 e. The maximum absolute atomic E-state index is 12.6. The highest BCUT2D eigenvalue weighted by Gasteiger charge is 2.58. The molecule has 1 rings (SSSR count). The molecule has 0 radical (unpaired) electrons. The minimum atomic E-state index is -5.73. The van der Waals surface area contributed by atoms with E-state index in [0.29, 0.717) is 0 Å². The van der Waals surface area contributed by atoms with E-state index in [2.05, 4.69) is 9.72 Å². The van der Waals surface area contributed by atoms with E-state index in [1.54, 1.807) is 0 Å². The number of hydrogen-bond acceptors (Lipinski definition) is 3. The third kappa shape index (κ3) is 3.05. The molecule has 0 aliphatic heterocycles. The highest BCUT2D eigenvalue weighted by Crippen LogP contribution is 2.35. The third-order valence-corrected chi connectivity index (χ3v) is 1.83. The first kappa shape index (κ1) is 14.1. The number of rotatable bonds is 4. The molecule has 0 atom stereocenters. The molecule has 0 spiro atoms. The van der Waals surface area contributed by atoms with Gasteiger partial charge in [0.15, 0.2) is 18.1 Å². The Morgan fingerprint density at radius 3 is 2.44 bits per heavy atom. The van der Waals surface area contributed by atoms with Crippen LogP contribution < -0.4 is 10.5 Å². The highest BCUT2D eigenvalue weighted by atomic mass is 19.4. The number of hydrogen-bond donors (Lipinski definition) is 1. The van der Waals surface area contributed by atoms with Gasteiger partial charge in [0.2, 0.25) is 0 Å². The Labute approximate surface area is 97.6 Å². The summed E-state index contributed by atoms with van der Waals surface area (Å²) in [5.41, 5.74) is 4.33. The van der Waals surface area contributed by atoms with Crippen LogP contribution in [0.4, 0.5) is 22.0 Å². The smallest absolute Gasteiger partial charge is 0.456 e. The molecule has 18 heavy (non-hydrogen) atoms. The topological polar surface area (TPSA) is 65.2 Å². The van der Waals surface area contributed by atoms with Gasteiger partial charge in [0.25, 0.3) is 5.91 Å². The number of aromatic nitrogens is 1. The minimum Gasteiger partial charge on any atom is -0.484 e. The first-order valence-electron chi connectivity index (χ1n) is 4.47. The van der Waals surface area contributed by atoms with Gasteiger partial charge < -0.3 is 10.5 Å². The van der Waals surface area contributed by atoms with Crippen molar-refractivity contribution in [3.63, 3.8) is 0 Å². The lowest BCUT2D eigenvalue weighted by molar-refractivity contribution is -0.290. The summed E-state index contributed by atoms with van der Waals surface area (Å²) in [5, 5.41) is 0. The fourth-order valence-electron chi connectivity index (χ4n) is 0.942. The number of nitrogens with two attached hydrogens (primary N) is 1. The Morgan fingerprint density at radius 1 is 1.33 bits per heavy atom. The zero-order valence-electron chi connectivity index (χ0n) is 8.67. The molecule has 1 amide bonds. The van der Waals surface area contributed by atoms with Gasteiger partial charge in [-0.3, -0.25) is 4.79 Å². The van der Waals surface area contributed by atoms with Crippen LogP contribution in [-0.2, 0) is 0 Å². The standard InChI is InChI=1S/C9H7F5N2O2/c10-8(11,9(12,13)14)4-18-5-2-1-3-16-6(5)7(15)17/h1-3H,4H2,(H2,15,17). The van der Waals surface area contributed by atoms with Crippen molar-refractivity contribution >= 4 is 5.91 Å². The van der Waals surface area contributed by atoms with Gasteiger partial charge in [-0.1, -0.05) is 0 Å². The van der Waals surface area contributed by atoms with E-state index in [1.165, 1.54) is 6.07 Å². The van der Waals surface area contributed by atoms with Crippen LogP contribution >= 0.6 is 0 Å². The first-order valence-corrected chi connectivity index (χ1v) is 4.47. The summed E-state index contributed by atoms with van der Waals surface area (Å²) < 4.78 is 65.0. The molecule has 0 bridgehead atoms. The van der Waals surface area contributed by atoms with Crippen molar-refractivity contribution in [1.29, 1.82) is 0 Å². The van der Waals surface area contributed by atoms with Gasteiger partial charge in [-0.2, -0.15) is 22.0 Å². The lowest BCUT2D eigenvalue weighted by atomic mass is 10.3. The molecule has 0 aliphatic carbocycles. The van der Waals surface area contributed by atoms with E-state index >= 15 is 0 Å². The van der Waals surface area contributed by atoms with Gasteiger partial charge >= 0.3 is 12.1 Å². The number of carbonyl (C=O) groups is 1. The zero-order valence-corrected chi connectivity index (χ0v) is 8.67. The normalized spacial score (nSPS) is 12.3. The second kappa shape index (κ2) is 4.75. The van der Waals surface area contributed by atoms with Crippen LogP contribution in [0.3, 0.4) is 0 Å². The number of alkyl halides is 5. The average molecular weight is 270 g/mol. The van der Waals surface area contributed by atoms with Crippen molar-refractivity contribution in [3.05, 3.63) is 24.0 Å². The van der Waals surface area contributed by atoms with Crippen molar-refractivity contribution in [1.82, 2.24) is 4.98 Å². The second-order valence-corrected chi connectivity index (χ2v) is 3.21. The van der Waals surface area contributed by atoms with E-state index in [4.69, 9.17) is 5.73 Å². The van der Waals surface area contributed by atoms with Gasteiger partial charge in [-0.25, -0.2) is 4.98 Å². The third-order valence-electron chi connectivity index (χ3n) is 1.83. The van der Waals surface area contributed by atoms with Crippen molar-refractivity contribution in [2.24, 2.45) is 5.73 Å². The van der Waals surface area contributed by atoms with Gasteiger partial charge in [-0.15, -0.1) is 0 Å². The highest BCUT2D eigenvalue weighted by molar-refractivity contribution is 5.93. The second-order valence-electron chi connectivity index (χ2n) is 3.21. The molecule has 9 heteroatoms. The fraction of sp³-hybridized carbons (Fsp3) is 0.333. The van der Waals surface area contributed by atoms with Crippen LogP contribution in [0.5, 0.6) is 5.75 Å². The lowest BCUT2D eigenvalue weighted by Crippen LogP contribution is -2.42. The number of primary amides is 1. The Balaban J connectivity index is 2.85. The van der Waals surface area contributed by atoms with Crippen molar-refractivity contribution in [2.75, 3.05) is 6.61 Å². The molecular formula is C9H7F5N2O2. The summed E-state index contributed by atoms with van der Waals surface area (Å²) in [5.74, 6) is -6.66. The van der Waals surface area contributed by atoms with Crippen LogP contribution in [0, 0.1) is 0 Å². The molecule has 0 saturated heterocycles. The minimum absolute atomic E-state index is 0.518. The van der Waals surface area contributed by atoms with E-state index in [-0.39, 0.29) is 0 Å². The Morgan fingerprint density at radius 2 is 1.94 bits per heavy atom. The van der Waals surface area contributed by atoms with Crippen molar-refractivity contribution in [2.45, 2.75) is 12.1 Å². The zero-order chi connectivity index (χ0) is 14.0. The predicted molar refractivity (Wildman–Crippen MR) is 49.3 cm³/mol. The SMILES string of the molecule is NC(=O)c1ncccc1OCC(F)(F)C(F)(F)F. The Bertz CT molecular complexity index is 447. The predicted octanol–water partition coefficient (Wildman–Crippen LogP) is 1.76. The number of pyridine rings is 1. The number of nitrogens with zero attached hydrogens (tertiary/aromatic N) is 1. The largest absolute Gasteiger partial charge is 0.484 e. The number of halogens is 5. The molecule has 0 aliphatic rings. The van der Waals surface area contributed by atoms with Crippen LogP contribution in [0.25, 0.3) is 0 Å². The molecule has 4 nitrogen and oxygen atoms in total. The average Bonchev–Trinajstić information content (AvgIpc) is 2.25. The number of amides is 1. The van der Waals surface area contributed by atoms with Crippen molar-refractivity contribution in [3.8, 4) is 5.75 Å². The summed E-state index contributed by atoms with van der Waals surface area (Å²) in [7, 11) is 0.